The number of carbonyl (C=O) groups excluding carboxylic acids is 1. The summed E-state index contributed by atoms with van der Waals surface area (Å²) in [5.74, 6) is -2.39. The molecule has 272 valence electrons. The standard InChI is InChI=1S/C35H34F7N5O4/c1-22-31(44-17-15-43(16-18-44)19-24-12-13-29(51-24)35(40,41)42)32(49)47(21-28(23-7-3-2-4-8-23)45-14-6-11-30(45)48)33(50)46(22)20-25-26(34(37,38)39)9-5-10-27(25)36/h2-5,7-10,12-13,28H,6,11,14-21H2,1H3/t28-/m0/s1. The average molecular weight is 722 g/mol. The van der Waals surface area contributed by atoms with Gasteiger partial charge in [-0.15, -0.1) is 0 Å². The van der Waals surface area contributed by atoms with Gasteiger partial charge < -0.3 is 14.2 Å². The zero-order chi connectivity index (χ0) is 36.7. The molecule has 2 aromatic carbocycles. The Morgan fingerprint density at radius 2 is 1.49 bits per heavy atom. The van der Waals surface area contributed by atoms with E-state index in [9.17, 15) is 40.7 Å². The van der Waals surface area contributed by atoms with Crippen LogP contribution in [0.15, 0.2) is 74.7 Å². The van der Waals surface area contributed by atoms with Gasteiger partial charge in [-0.05, 0) is 43.2 Å². The number of furan rings is 1. The third-order valence-corrected chi connectivity index (χ3v) is 9.43. The number of anilines is 1. The van der Waals surface area contributed by atoms with Gasteiger partial charge in [-0.2, -0.15) is 26.3 Å². The molecule has 0 aliphatic carbocycles. The van der Waals surface area contributed by atoms with Crippen LogP contribution in [-0.2, 0) is 36.8 Å². The number of hydrogen-bond acceptors (Lipinski definition) is 6. The minimum atomic E-state index is -4.94. The van der Waals surface area contributed by atoms with Crippen molar-refractivity contribution in [1.82, 2.24) is 18.9 Å². The van der Waals surface area contributed by atoms with Gasteiger partial charge in [0.15, 0.2) is 0 Å². The largest absolute Gasteiger partial charge is 0.455 e. The molecule has 2 fully saturated rings. The number of alkyl halides is 6. The molecule has 2 saturated heterocycles. The van der Waals surface area contributed by atoms with Crippen LogP contribution in [0.2, 0.25) is 0 Å². The Hall–Kier alpha value is -4.86. The van der Waals surface area contributed by atoms with Crippen molar-refractivity contribution >= 4 is 11.6 Å². The van der Waals surface area contributed by atoms with E-state index in [4.69, 9.17) is 4.42 Å². The van der Waals surface area contributed by atoms with Gasteiger partial charge in [0.1, 0.15) is 17.3 Å². The van der Waals surface area contributed by atoms with Crippen LogP contribution in [0.5, 0.6) is 0 Å². The second-order valence-corrected chi connectivity index (χ2v) is 12.6. The van der Waals surface area contributed by atoms with Crippen molar-refractivity contribution < 1.29 is 39.9 Å². The molecule has 1 amide bonds. The Balaban J connectivity index is 1.40. The van der Waals surface area contributed by atoms with E-state index in [0.717, 1.165) is 33.4 Å². The second-order valence-electron chi connectivity index (χ2n) is 12.6. The third kappa shape index (κ3) is 7.46. The summed E-state index contributed by atoms with van der Waals surface area (Å²) in [7, 11) is 0. The maximum atomic E-state index is 15.1. The highest BCUT2D eigenvalue weighted by molar-refractivity contribution is 5.78. The van der Waals surface area contributed by atoms with Gasteiger partial charge in [0, 0.05) is 50.4 Å². The number of aromatic nitrogens is 2. The van der Waals surface area contributed by atoms with Crippen LogP contribution in [0.25, 0.3) is 0 Å². The first-order chi connectivity index (χ1) is 24.1. The summed E-state index contributed by atoms with van der Waals surface area (Å²) >= 11 is 0. The second kappa shape index (κ2) is 14.0. The van der Waals surface area contributed by atoms with E-state index in [1.807, 2.05) is 4.90 Å². The molecule has 51 heavy (non-hydrogen) atoms. The molecule has 6 rings (SSSR count). The summed E-state index contributed by atoms with van der Waals surface area (Å²) in [6.07, 6.45) is -8.74. The van der Waals surface area contributed by atoms with E-state index in [0.29, 0.717) is 18.5 Å². The molecule has 9 nitrogen and oxygen atoms in total. The van der Waals surface area contributed by atoms with Crippen molar-refractivity contribution in [2.24, 2.45) is 0 Å². The zero-order valence-corrected chi connectivity index (χ0v) is 27.4. The zero-order valence-electron chi connectivity index (χ0n) is 27.4. The Morgan fingerprint density at radius 3 is 2.10 bits per heavy atom. The highest BCUT2D eigenvalue weighted by Crippen LogP contribution is 2.34. The third-order valence-electron chi connectivity index (χ3n) is 9.43. The van der Waals surface area contributed by atoms with Crippen molar-refractivity contribution in [3.05, 3.63) is 121 Å². The number of carbonyl (C=O) groups is 1. The number of rotatable bonds is 9. The lowest BCUT2D eigenvalue weighted by Gasteiger charge is -2.37. The van der Waals surface area contributed by atoms with Crippen LogP contribution in [0.4, 0.5) is 36.4 Å². The van der Waals surface area contributed by atoms with E-state index in [1.165, 1.54) is 13.0 Å². The Morgan fingerprint density at radius 1 is 0.784 bits per heavy atom. The van der Waals surface area contributed by atoms with Gasteiger partial charge in [-0.25, -0.2) is 9.18 Å². The summed E-state index contributed by atoms with van der Waals surface area (Å²) in [6, 6.07) is 12.6. The average Bonchev–Trinajstić information content (AvgIpc) is 3.73. The Labute approximate surface area is 287 Å². The van der Waals surface area contributed by atoms with Gasteiger partial charge in [0.2, 0.25) is 11.7 Å². The molecule has 0 radical (unpaired) electrons. The normalized spacial score (nSPS) is 16.7. The lowest BCUT2D eigenvalue weighted by atomic mass is 10.0. The van der Waals surface area contributed by atoms with E-state index < -0.39 is 58.9 Å². The highest BCUT2D eigenvalue weighted by atomic mass is 19.4. The topological polar surface area (TPSA) is 83.9 Å². The van der Waals surface area contributed by atoms with Gasteiger partial charge >= 0.3 is 18.0 Å². The fourth-order valence-corrected chi connectivity index (χ4v) is 6.84. The summed E-state index contributed by atoms with van der Waals surface area (Å²) in [5, 5.41) is 0. The number of amides is 1. The number of benzene rings is 2. The van der Waals surface area contributed by atoms with Crippen LogP contribution in [0, 0.1) is 12.7 Å². The highest BCUT2D eigenvalue weighted by Gasteiger charge is 2.37. The molecule has 0 saturated carbocycles. The SMILES string of the molecule is Cc1c(N2CCN(Cc3ccc(C(F)(F)F)o3)CC2)c(=O)n(C[C@@H](c2ccccc2)N2CCCC2=O)c(=O)n1Cc1c(F)cccc1C(F)(F)F. The number of halogens is 7. The van der Waals surface area contributed by atoms with Crippen molar-refractivity contribution in [3.63, 3.8) is 0 Å². The molecule has 2 aliphatic heterocycles. The van der Waals surface area contributed by atoms with Gasteiger partial charge in [-0.1, -0.05) is 36.4 Å². The van der Waals surface area contributed by atoms with E-state index in [2.05, 4.69) is 0 Å². The first-order valence-electron chi connectivity index (χ1n) is 16.3. The van der Waals surface area contributed by atoms with Crippen molar-refractivity contribution in [2.45, 2.75) is 57.8 Å². The van der Waals surface area contributed by atoms with Crippen LogP contribution in [0.1, 0.15) is 52.8 Å². The lowest BCUT2D eigenvalue weighted by Crippen LogP contribution is -2.51. The quantitative estimate of drug-likeness (QED) is 0.203. The van der Waals surface area contributed by atoms with Gasteiger partial charge in [0.25, 0.3) is 5.56 Å². The predicted octanol–water partition coefficient (Wildman–Crippen LogP) is 5.82. The molecule has 1 atom stereocenters. The summed E-state index contributed by atoms with van der Waals surface area (Å²) in [4.78, 5) is 46.6. The summed E-state index contributed by atoms with van der Waals surface area (Å²) in [6.45, 7) is 1.55. The molecular formula is C35H34F7N5O4. The monoisotopic (exact) mass is 721 g/mol. The molecule has 2 aliphatic rings. The van der Waals surface area contributed by atoms with Crippen molar-refractivity contribution in [2.75, 3.05) is 37.6 Å². The smallest absolute Gasteiger partial charge is 0.449 e. The lowest BCUT2D eigenvalue weighted by molar-refractivity contribution is -0.153. The fourth-order valence-electron chi connectivity index (χ4n) is 6.84. The number of likely N-dealkylation sites (tertiary alicyclic amines) is 1. The molecule has 0 spiro atoms. The number of nitrogens with zero attached hydrogens (tertiary/aromatic N) is 5. The molecule has 0 N–H and O–H groups in total. The Kier molecular flexibility index (Phi) is 9.90. The summed E-state index contributed by atoms with van der Waals surface area (Å²) < 4.78 is 103. The maximum absolute atomic E-state index is 15.1. The van der Waals surface area contributed by atoms with E-state index >= 15 is 4.39 Å². The molecule has 4 aromatic rings. The van der Waals surface area contributed by atoms with E-state index in [-0.39, 0.29) is 68.7 Å². The van der Waals surface area contributed by atoms with Gasteiger partial charge in [-0.3, -0.25) is 23.6 Å². The van der Waals surface area contributed by atoms with Gasteiger partial charge in [0.05, 0.1) is 31.2 Å². The maximum Gasteiger partial charge on any atom is 0.449 e. The van der Waals surface area contributed by atoms with Crippen molar-refractivity contribution in [1.29, 1.82) is 0 Å². The minimum Gasteiger partial charge on any atom is -0.455 e. The van der Waals surface area contributed by atoms with Crippen LogP contribution in [0.3, 0.4) is 0 Å². The first kappa shape index (κ1) is 35.9. The molecule has 0 unspecified atom stereocenters. The molecular weight excluding hydrogens is 687 g/mol. The fraction of sp³-hybridized carbons (Fsp3) is 0.400. The minimum absolute atomic E-state index is 0.0102. The molecule has 16 heteroatoms. The predicted molar refractivity (Wildman–Crippen MR) is 172 cm³/mol. The Bertz CT molecular complexity index is 2010. The number of piperazine rings is 1. The van der Waals surface area contributed by atoms with Crippen LogP contribution in [-0.4, -0.2) is 57.6 Å². The number of hydrogen-bond donors (Lipinski definition) is 0. The molecule has 4 heterocycles. The van der Waals surface area contributed by atoms with Crippen molar-refractivity contribution in [3.8, 4) is 0 Å². The van der Waals surface area contributed by atoms with Crippen LogP contribution < -0.4 is 16.1 Å². The molecule has 2 aromatic heterocycles. The van der Waals surface area contributed by atoms with E-state index in [1.54, 1.807) is 40.1 Å². The molecule has 0 bridgehead atoms. The van der Waals surface area contributed by atoms with Crippen LogP contribution >= 0.6 is 0 Å². The first-order valence-corrected chi connectivity index (χ1v) is 16.3. The summed E-state index contributed by atoms with van der Waals surface area (Å²) in [5.41, 5.74) is -3.08.